The lowest BCUT2D eigenvalue weighted by atomic mass is 10.1. The van der Waals surface area contributed by atoms with Gasteiger partial charge in [0.1, 0.15) is 12.6 Å². The van der Waals surface area contributed by atoms with Gasteiger partial charge < -0.3 is 15.0 Å². The van der Waals surface area contributed by atoms with E-state index in [-0.39, 0.29) is 37.9 Å². The molecule has 110 valence electrons. The number of hydrogen-bond donors (Lipinski definition) is 1. The maximum absolute atomic E-state index is 11.8. The Kier molecular flexibility index (Phi) is 5.59. The summed E-state index contributed by atoms with van der Waals surface area (Å²) < 4.78 is 39.9. The van der Waals surface area contributed by atoms with Crippen molar-refractivity contribution >= 4 is 11.8 Å². The van der Waals surface area contributed by atoms with Gasteiger partial charge in [-0.2, -0.15) is 13.2 Å². The zero-order valence-electron chi connectivity index (χ0n) is 10.6. The third-order valence-electron chi connectivity index (χ3n) is 2.67. The minimum atomic E-state index is -4.34. The second kappa shape index (κ2) is 6.74. The van der Waals surface area contributed by atoms with Gasteiger partial charge >= 0.3 is 6.18 Å². The van der Waals surface area contributed by atoms with Crippen LogP contribution in [0, 0.1) is 0 Å². The molecule has 1 heterocycles. The molecule has 0 spiro atoms. The molecule has 1 fully saturated rings. The van der Waals surface area contributed by atoms with Crippen LogP contribution in [0.4, 0.5) is 13.2 Å². The monoisotopic (exact) mass is 282 g/mol. The van der Waals surface area contributed by atoms with E-state index in [9.17, 15) is 22.8 Å². The molecule has 1 rings (SSSR count). The summed E-state index contributed by atoms with van der Waals surface area (Å²) in [7, 11) is 0. The van der Waals surface area contributed by atoms with Crippen LogP contribution in [0.25, 0.3) is 0 Å². The zero-order chi connectivity index (χ0) is 14.5. The molecule has 1 aliphatic heterocycles. The first-order valence-corrected chi connectivity index (χ1v) is 6.06. The SMILES string of the molecule is CCC1NC(=O)CN(CCCOCC(F)(F)F)C1=O. The Labute approximate surface area is 109 Å². The Morgan fingerprint density at radius 2 is 2.11 bits per heavy atom. The lowest BCUT2D eigenvalue weighted by Crippen LogP contribution is -2.57. The van der Waals surface area contributed by atoms with Crippen molar-refractivity contribution in [2.24, 2.45) is 0 Å². The molecule has 0 aromatic carbocycles. The van der Waals surface area contributed by atoms with Gasteiger partial charge in [-0.3, -0.25) is 9.59 Å². The van der Waals surface area contributed by atoms with E-state index in [0.717, 1.165) is 0 Å². The number of piperazine rings is 1. The Morgan fingerprint density at radius 1 is 1.42 bits per heavy atom. The van der Waals surface area contributed by atoms with Crippen LogP contribution in [0.5, 0.6) is 0 Å². The highest BCUT2D eigenvalue weighted by molar-refractivity contribution is 5.94. The summed E-state index contributed by atoms with van der Waals surface area (Å²) >= 11 is 0. The van der Waals surface area contributed by atoms with Gasteiger partial charge in [-0.05, 0) is 12.8 Å². The highest BCUT2D eigenvalue weighted by Gasteiger charge is 2.31. The second-order valence-corrected chi connectivity index (χ2v) is 4.31. The maximum Gasteiger partial charge on any atom is 0.411 e. The molecular weight excluding hydrogens is 265 g/mol. The summed E-state index contributed by atoms with van der Waals surface area (Å²) in [6, 6.07) is -0.530. The van der Waals surface area contributed by atoms with Crippen molar-refractivity contribution < 1.29 is 27.5 Å². The number of halogens is 3. The smallest absolute Gasteiger partial charge is 0.372 e. The first kappa shape index (κ1) is 15.7. The molecule has 1 saturated heterocycles. The lowest BCUT2D eigenvalue weighted by molar-refractivity contribution is -0.174. The van der Waals surface area contributed by atoms with Gasteiger partial charge in [0.05, 0.1) is 6.54 Å². The summed E-state index contributed by atoms with van der Waals surface area (Å²) in [5, 5.41) is 2.56. The second-order valence-electron chi connectivity index (χ2n) is 4.31. The summed E-state index contributed by atoms with van der Waals surface area (Å²) in [4.78, 5) is 24.5. The van der Waals surface area contributed by atoms with Crippen LogP contribution >= 0.6 is 0 Å². The van der Waals surface area contributed by atoms with Gasteiger partial charge in [0.25, 0.3) is 0 Å². The molecule has 5 nitrogen and oxygen atoms in total. The van der Waals surface area contributed by atoms with Crippen LogP contribution in [0.3, 0.4) is 0 Å². The van der Waals surface area contributed by atoms with Crippen molar-refractivity contribution in [1.82, 2.24) is 10.2 Å². The Bertz CT molecular complexity index is 334. The van der Waals surface area contributed by atoms with Gasteiger partial charge in [0.2, 0.25) is 11.8 Å². The van der Waals surface area contributed by atoms with E-state index in [1.807, 2.05) is 0 Å². The first-order chi connectivity index (χ1) is 8.83. The number of nitrogens with one attached hydrogen (secondary N) is 1. The van der Waals surface area contributed by atoms with Crippen molar-refractivity contribution in [3.8, 4) is 0 Å². The molecular formula is C11H17F3N2O3. The van der Waals surface area contributed by atoms with Crippen molar-refractivity contribution in [3.05, 3.63) is 0 Å². The number of alkyl halides is 3. The molecule has 19 heavy (non-hydrogen) atoms. The van der Waals surface area contributed by atoms with Gasteiger partial charge in [-0.1, -0.05) is 6.92 Å². The van der Waals surface area contributed by atoms with Crippen LogP contribution in [-0.4, -0.2) is 55.2 Å². The van der Waals surface area contributed by atoms with Crippen molar-refractivity contribution in [3.63, 3.8) is 0 Å². The fraction of sp³-hybridized carbons (Fsp3) is 0.818. The molecule has 1 aliphatic rings. The molecule has 0 saturated carbocycles. The number of hydrogen-bond acceptors (Lipinski definition) is 3. The van der Waals surface area contributed by atoms with E-state index < -0.39 is 18.8 Å². The molecule has 0 aliphatic carbocycles. The Balaban J connectivity index is 2.28. The van der Waals surface area contributed by atoms with E-state index in [0.29, 0.717) is 6.42 Å². The minimum absolute atomic E-state index is 0.0470. The maximum atomic E-state index is 11.8. The summed E-state index contributed by atoms with van der Waals surface area (Å²) in [5.74, 6) is -0.444. The van der Waals surface area contributed by atoms with Crippen LogP contribution in [0.15, 0.2) is 0 Å². The number of ether oxygens (including phenoxy) is 1. The number of amides is 2. The van der Waals surface area contributed by atoms with E-state index in [1.165, 1.54) is 4.90 Å². The molecule has 1 unspecified atom stereocenters. The molecule has 1 N–H and O–H groups in total. The number of nitrogens with zero attached hydrogens (tertiary/aromatic N) is 1. The Morgan fingerprint density at radius 3 is 2.68 bits per heavy atom. The lowest BCUT2D eigenvalue weighted by Gasteiger charge is -2.32. The van der Waals surface area contributed by atoms with Crippen molar-refractivity contribution in [1.29, 1.82) is 0 Å². The van der Waals surface area contributed by atoms with Crippen molar-refractivity contribution in [2.45, 2.75) is 32.0 Å². The number of carbonyl (C=O) groups excluding carboxylic acids is 2. The standard InChI is InChI=1S/C11H17F3N2O3/c1-2-8-10(18)16(6-9(17)15-8)4-3-5-19-7-11(12,13)14/h8H,2-7H2,1H3,(H,15,17). The van der Waals surface area contributed by atoms with Crippen LogP contribution in [0.2, 0.25) is 0 Å². The van der Waals surface area contributed by atoms with Gasteiger partial charge in [-0.15, -0.1) is 0 Å². The quantitative estimate of drug-likeness (QED) is 0.729. The highest BCUT2D eigenvalue weighted by atomic mass is 19.4. The van der Waals surface area contributed by atoms with Crippen LogP contribution in [0.1, 0.15) is 19.8 Å². The van der Waals surface area contributed by atoms with Crippen LogP contribution in [-0.2, 0) is 14.3 Å². The third-order valence-corrected chi connectivity index (χ3v) is 2.67. The average molecular weight is 282 g/mol. The highest BCUT2D eigenvalue weighted by Crippen LogP contribution is 2.14. The molecule has 0 aromatic heterocycles. The summed E-state index contributed by atoms with van der Waals surface area (Å²) in [6.45, 7) is 0.564. The van der Waals surface area contributed by atoms with E-state index in [2.05, 4.69) is 10.1 Å². The summed E-state index contributed by atoms with van der Waals surface area (Å²) in [6.07, 6.45) is -3.58. The first-order valence-electron chi connectivity index (χ1n) is 6.06. The van der Waals surface area contributed by atoms with Gasteiger partial charge in [-0.25, -0.2) is 0 Å². The fourth-order valence-electron chi connectivity index (χ4n) is 1.78. The van der Waals surface area contributed by atoms with Gasteiger partial charge in [0.15, 0.2) is 0 Å². The predicted octanol–water partition coefficient (Wildman–Crippen LogP) is 0.692. The predicted molar refractivity (Wildman–Crippen MR) is 60.3 cm³/mol. The number of carbonyl (C=O) groups is 2. The van der Waals surface area contributed by atoms with Crippen LogP contribution < -0.4 is 5.32 Å². The Hall–Kier alpha value is -1.31. The molecule has 0 radical (unpaired) electrons. The molecule has 0 aromatic rings. The molecule has 1 atom stereocenters. The van der Waals surface area contributed by atoms with E-state index >= 15 is 0 Å². The average Bonchev–Trinajstić information content (AvgIpc) is 2.31. The molecule has 2 amide bonds. The zero-order valence-corrected chi connectivity index (χ0v) is 10.6. The van der Waals surface area contributed by atoms with E-state index in [4.69, 9.17) is 0 Å². The normalized spacial score (nSPS) is 20.6. The number of rotatable bonds is 6. The summed E-state index contributed by atoms with van der Waals surface area (Å²) in [5.41, 5.74) is 0. The topological polar surface area (TPSA) is 58.6 Å². The molecule has 8 heteroatoms. The third kappa shape index (κ3) is 5.46. The molecule has 0 bridgehead atoms. The largest absolute Gasteiger partial charge is 0.411 e. The fourth-order valence-corrected chi connectivity index (χ4v) is 1.78. The van der Waals surface area contributed by atoms with Crippen molar-refractivity contribution in [2.75, 3.05) is 26.3 Å². The van der Waals surface area contributed by atoms with Gasteiger partial charge in [0, 0.05) is 13.2 Å². The minimum Gasteiger partial charge on any atom is -0.372 e. The van der Waals surface area contributed by atoms with E-state index in [1.54, 1.807) is 6.92 Å².